The minimum atomic E-state index is -2.83. The summed E-state index contributed by atoms with van der Waals surface area (Å²) in [7, 11) is -1.44. The molecule has 1 saturated heterocycles. The Kier molecular flexibility index (Phi) is 3.73. The molecule has 1 saturated carbocycles. The van der Waals surface area contributed by atoms with Crippen molar-refractivity contribution in [1.82, 2.24) is 5.32 Å². The molecule has 2 fully saturated rings. The summed E-state index contributed by atoms with van der Waals surface area (Å²) in [6.07, 6.45) is 2.80. The molecule has 17 heavy (non-hydrogen) atoms. The second kappa shape index (κ2) is 4.94. The fourth-order valence-corrected chi connectivity index (χ4v) is 4.19. The van der Waals surface area contributed by atoms with E-state index in [-0.39, 0.29) is 29.4 Å². The number of hydrogen-bond donors (Lipinski definition) is 1. The number of rotatable bonds is 5. The zero-order valence-electron chi connectivity index (χ0n) is 10.0. The highest BCUT2D eigenvalue weighted by Gasteiger charge is 2.37. The molecule has 2 rings (SSSR count). The van der Waals surface area contributed by atoms with Gasteiger partial charge in [-0.05, 0) is 37.6 Å². The van der Waals surface area contributed by atoms with Crippen molar-refractivity contribution in [2.75, 3.05) is 25.2 Å². The van der Waals surface area contributed by atoms with Crippen molar-refractivity contribution in [3.63, 3.8) is 0 Å². The highest BCUT2D eigenvalue weighted by molar-refractivity contribution is 7.91. The number of ether oxygens (including phenoxy) is 1. The van der Waals surface area contributed by atoms with Crippen LogP contribution in [0.25, 0.3) is 0 Å². The van der Waals surface area contributed by atoms with Crippen LogP contribution in [0.3, 0.4) is 0 Å². The third kappa shape index (κ3) is 3.42. The van der Waals surface area contributed by atoms with Crippen molar-refractivity contribution >= 4 is 15.8 Å². The van der Waals surface area contributed by atoms with Gasteiger partial charge in [-0.2, -0.15) is 0 Å². The average Bonchev–Trinajstić information content (AvgIpc) is 3.04. The van der Waals surface area contributed by atoms with E-state index in [0.29, 0.717) is 18.9 Å². The lowest BCUT2D eigenvalue weighted by atomic mass is 10.1. The van der Waals surface area contributed by atoms with E-state index in [9.17, 15) is 13.2 Å². The van der Waals surface area contributed by atoms with Gasteiger partial charge in [0.2, 0.25) is 0 Å². The number of carbonyl (C=O) groups is 1. The molecule has 0 aromatic heterocycles. The molecule has 5 nitrogen and oxygen atoms in total. The van der Waals surface area contributed by atoms with Gasteiger partial charge in [0.15, 0.2) is 9.84 Å². The van der Waals surface area contributed by atoms with Crippen molar-refractivity contribution < 1.29 is 17.9 Å². The normalized spacial score (nSPS) is 28.9. The quantitative estimate of drug-likeness (QED) is 0.703. The molecule has 1 aliphatic heterocycles. The average molecular weight is 261 g/mol. The van der Waals surface area contributed by atoms with Gasteiger partial charge < -0.3 is 10.1 Å². The first-order valence-corrected chi connectivity index (χ1v) is 7.85. The fourth-order valence-electron chi connectivity index (χ4n) is 2.33. The molecule has 1 heterocycles. The lowest BCUT2D eigenvalue weighted by molar-refractivity contribution is -0.143. The standard InChI is InChI=1S/C11H19NO4S/c1-16-11(13)10(9-2-3-9)12-6-8-4-5-17(14,15)7-8/h8-10,12H,2-7H2,1H3. The van der Waals surface area contributed by atoms with Crippen LogP contribution in [0.4, 0.5) is 0 Å². The molecule has 1 aliphatic carbocycles. The van der Waals surface area contributed by atoms with Crippen LogP contribution in [0.2, 0.25) is 0 Å². The molecule has 2 atom stereocenters. The van der Waals surface area contributed by atoms with Gasteiger partial charge in [0.25, 0.3) is 0 Å². The predicted molar refractivity (Wildman–Crippen MR) is 63.3 cm³/mol. The van der Waals surface area contributed by atoms with Crippen LogP contribution in [0.5, 0.6) is 0 Å². The molecular weight excluding hydrogens is 242 g/mol. The van der Waals surface area contributed by atoms with Crippen LogP contribution in [-0.2, 0) is 19.4 Å². The van der Waals surface area contributed by atoms with E-state index in [4.69, 9.17) is 4.74 Å². The number of sulfone groups is 1. The molecule has 6 heteroatoms. The molecule has 2 aliphatic rings. The molecule has 0 bridgehead atoms. The Morgan fingerprint density at radius 1 is 1.41 bits per heavy atom. The highest BCUT2D eigenvalue weighted by Crippen LogP contribution is 2.33. The fraction of sp³-hybridized carbons (Fsp3) is 0.909. The number of methoxy groups -OCH3 is 1. The molecule has 98 valence electrons. The molecule has 0 radical (unpaired) electrons. The van der Waals surface area contributed by atoms with Crippen LogP contribution in [-0.4, -0.2) is 45.6 Å². The maximum atomic E-state index is 11.5. The van der Waals surface area contributed by atoms with Gasteiger partial charge in [-0.15, -0.1) is 0 Å². The summed E-state index contributed by atoms with van der Waals surface area (Å²) in [4.78, 5) is 11.5. The van der Waals surface area contributed by atoms with Gasteiger partial charge in [-0.1, -0.05) is 0 Å². The first kappa shape index (κ1) is 12.8. The molecule has 0 aromatic carbocycles. The smallest absolute Gasteiger partial charge is 0.323 e. The molecule has 0 spiro atoms. The van der Waals surface area contributed by atoms with Crippen LogP contribution >= 0.6 is 0 Å². The summed E-state index contributed by atoms with van der Waals surface area (Å²) in [6.45, 7) is 0.593. The number of hydrogen-bond acceptors (Lipinski definition) is 5. The zero-order valence-corrected chi connectivity index (χ0v) is 10.8. The first-order valence-electron chi connectivity index (χ1n) is 6.03. The summed E-state index contributed by atoms with van der Waals surface area (Å²) in [5, 5.41) is 3.17. The van der Waals surface area contributed by atoms with Crippen LogP contribution in [0.1, 0.15) is 19.3 Å². The van der Waals surface area contributed by atoms with E-state index < -0.39 is 9.84 Å². The number of nitrogens with one attached hydrogen (secondary N) is 1. The molecule has 1 N–H and O–H groups in total. The highest BCUT2D eigenvalue weighted by atomic mass is 32.2. The van der Waals surface area contributed by atoms with Crippen LogP contribution in [0.15, 0.2) is 0 Å². The van der Waals surface area contributed by atoms with E-state index in [2.05, 4.69) is 5.32 Å². The maximum Gasteiger partial charge on any atom is 0.323 e. The van der Waals surface area contributed by atoms with Crippen molar-refractivity contribution in [2.45, 2.75) is 25.3 Å². The maximum absolute atomic E-state index is 11.5. The Bertz CT molecular complexity index is 388. The molecule has 0 aromatic rings. The van der Waals surface area contributed by atoms with Gasteiger partial charge in [0.05, 0.1) is 18.6 Å². The van der Waals surface area contributed by atoms with Crippen molar-refractivity contribution in [3.8, 4) is 0 Å². The second-order valence-electron chi connectivity index (χ2n) is 5.02. The Labute approximate surface area is 102 Å². The number of carbonyl (C=O) groups excluding carboxylic acids is 1. The summed E-state index contributed by atoms with van der Waals surface area (Å²) in [6, 6.07) is -0.247. The van der Waals surface area contributed by atoms with E-state index >= 15 is 0 Å². The van der Waals surface area contributed by atoms with E-state index in [1.165, 1.54) is 7.11 Å². The third-order valence-electron chi connectivity index (χ3n) is 3.50. The minimum Gasteiger partial charge on any atom is -0.468 e. The van der Waals surface area contributed by atoms with Gasteiger partial charge in [0, 0.05) is 0 Å². The summed E-state index contributed by atoms with van der Waals surface area (Å²) < 4.78 is 27.4. The Morgan fingerprint density at radius 2 is 2.12 bits per heavy atom. The van der Waals surface area contributed by atoms with E-state index in [1.807, 2.05) is 0 Å². The van der Waals surface area contributed by atoms with Gasteiger partial charge in [0.1, 0.15) is 6.04 Å². The summed E-state index contributed by atoms with van der Waals surface area (Å²) in [5.74, 6) is 0.823. The molecular formula is C11H19NO4S. The van der Waals surface area contributed by atoms with Crippen molar-refractivity contribution in [1.29, 1.82) is 0 Å². The Balaban J connectivity index is 1.82. The molecule has 0 amide bonds. The van der Waals surface area contributed by atoms with Crippen LogP contribution in [0, 0.1) is 11.8 Å². The third-order valence-corrected chi connectivity index (χ3v) is 5.34. The van der Waals surface area contributed by atoms with Crippen molar-refractivity contribution in [2.24, 2.45) is 11.8 Å². The lowest BCUT2D eigenvalue weighted by Crippen LogP contribution is -2.42. The lowest BCUT2D eigenvalue weighted by Gasteiger charge is -2.17. The largest absolute Gasteiger partial charge is 0.468 e. The van der Waals surface area contributed by atoms with E-state index in [1.54, 1.807) is 0 Å². The Morgan fingerprint density at radius 3 is 2.59 bits per heavy atom. The van der Waals surface area contributed by atoms with E-state index in [0.717, 1.165) is 12.8 Å². The minimum absolute atomic E-state index is 0.144. The second-order valence-corrected chi connectivity index (χ2v) is 7.24. The van der Waals surface area contributed by atoms with Crippen molar-refractivity contribution in [3.05, 3.63) is 0 Å². The van der Waals surface area contributed by atoms with Gasteiger partial charge in [-0.25, -0.2) is 8.42 Å². The Hall–Kier alpha value is -0.620. The van der Waals surface area contributed by atoms with Gasteiger partial charge >= 0.3 is 5.97 Å². The first-order chi connectivity index (χ1) is 8.02. The number of esters is 1. The van der Waals surface area contributed by atoms with Crippen LogP contribution < -0.4 is 5.32 Å². The molecule has 2 unspecified atom stereocenters. The zero-order chi connectivity index (χ0) is 12.5. The summed E-state index contributed by atoms with van der Waals surface area (Å²) >= 11 is 0. The monoisotopic (exact) mass is 261 g/mol. The SMILES string of the molecule is COC(=O)C(NCC1CCS(=O)(=O)C1)C1CC1. The van der Waals surface area contributed by atoms with Gasteiger partial charge in [-0.3, -0.25) is 4.79 Å². The summed E-state index contributed by atoms with van der Waals surface area (Å²) in [5.41, 5.74) is 0. The topological polar surface area (TPSA) is 72.5 Å². The predicted octanol–water partition coefficient (Wildman–Crippen LogP) is -0.0377.